The van der Waals surface area contributed by atoms with Gasteiger partial charge in [-0.2, -0.15) is 4.98 Å². The number of hydrogen-bond acceptors (Lipinski definition) is 5. The predicted octanol–water partition coefficient (Wildman–Crippen LogP) is 0.889. The van der Waals surface area contributed by atoms with E-state index in [1.54, 1.807) is 6.92 Å². The van der Waals surface area contributed by atoms with E-state index in [0.29, 0.717) is 0 Å². The molecule has 0 N–H and O–H groups in total. The molecule has 0 radical (unpaired) electrons. The number of rotatable bonds is 3. The Bertz CT molecular complexity index is 293. The Morgan fingerprint density at radius 3 is 3.08 bits per heavy atom. The number of carbonyl (C=O) groups is 1. The van der Waals surface area contributed by atoms with Crippen LogP contribution in [0.1, 0.15) is 23.4 Å². The van der Waals surface area contributed by atoms with Crippen molar-refractivity contribution in [3.8, 4) is 0 Å². The third kappa shape index (κ3) is 1.69. The Kier molecular flexibility index (Phi) is 2.57. The van der Waals surface area contributed by atoms with Crippen LogP contribution in [-0.4, -0.2) is 22.7 Å². The van der Waals surface area contributed by atoms with Crippen LogP contribution in [0.25, 0.3) is 6.08 Å². The highest BCUT2D eigenvalue weighted by Crippen LogP contribution is 1.99. The topological polar surface area (TPSA) is 65.2 Å². The third-order valence-electron chi connectivity index (χ3n) is 1.07. The van der Waals surface area contributed by atoms with Crippen molar-refractivity contribution in [1.29, 1.82) is 0 Å². The Morgan fingerprint density at radius 1 is 1.83 bits per heavy atom. The van der Waals surface area contributed by atoms with Crippen molar-refractivity contribution in [2.24, 2.45) is 0 Å². The van der Waals surface area contributed by atoms with Crippen molar-refractivity contribution in [3.05, 3.63) is 18.3 Å². The molecule has 0 amide bonds. The van der Waals surface area contributed by atoms with Crippen molar-refractivity contribution in [1.82, 2.24) is 10.1 Å². The monoisotopic (exact) mass is 168 g/mol. The highest BCUT2D eigenvalue weighted by Gasteiger charge is 2.13. The fourth-order valence-corrected chi connectivity index (χ4v) is 0.597. The lowest BCUT2D eigenvalue weighted by atomic mass is 10.6. The van der Waals surface area contributed by atoms with Crippen LogP contribution in [0, 0.1) is 0 Å². The first-order chi connectivity index (χ1) is 5.77. The molecule has 0 bridgehead atoms. The van der Waals surface area contributed by atoms with Crippen LogP contribution in [0.5, 0.6) is 0 Å². The van der Waals surface area contributed by atoms with Crippen LogP contribution < -0.4 is 0 Å². The van der Waals surface area contributed by atoms with E-state index < -0.39 is 5.97 Å². The molecule has 5 heteroatoms. The fraction of sp³-hybridized carbons (Fsp3) is 0.286. The molecule has 0 saturated heterocycles. The molecule has 0 aliphatic heterocycles. The quantitative estimate of drug-likeness (QED) is 0.627. The maximum Gasteiger partial charge on any atom is 0.379 e. The summed E-state index contributed by atoms with van der Waals surface area (Å²) in [6.07, 6.45) is 1.36. The second-order valence-corrected chi connectivity index (χ2v) is 1.88. The Morgan fingerprint density at radius 2 is 2.58 bits per heavy atom. The normalized spacial score (nSPS) is 9.42. The van der Waals surface area contributed by atoms with E-state index in [9.17, 15) is 4.79 Å². The number of hydrogen-bond donors (Lipinski definition) is 0. The lowest BCUT2D eigenvalue weighted by molar-refractivity contribution is 0.0508. The van der Waals surface area contributed by atoms with Crippen LogP contribution in [0.4, 0.5) is 0 Å². The standard InChI is InChI=1S/C7H8N2O3/c1-3-5-8-6(9-12-5)7(10)11-4-2/h3H,1,4H2,2H3. The van der Waals surface area contributed by atoms with Gasteiger partial charge < -0.3 is 9.26 Å². The number of esters is 1. The Balaban J connectivity index is 2.74. The predicted molar refractivity (Wildman–Crippen MR) is 40.3 cm³/mol. The minimum Gasteiger partial charge on any atom is -0.460 e. The summed E-state index contributed by atoms with van der Waals surface area (Å²) < 4.78 is 9.23. The molecule has 0 aliphatic rings. The summed E-state index contributed by atoms with van der Waals surface area (Å²) >= 11 is 0. The Hall–Kier alpha value is -1.65. The van der Waals surface area contributed by atoms with Crippen molar-refractivity contribution < 1.29 is 14.1 Å². The second kappa shape index (κ2) is 3.66. The molecule has 1 aromatic rings. The first-order valence-corrected chi connectivity index (χ1v) is 3.41. The minimum atomic E-state index is -0.589. The summed E-state index contributed by atoms with van der Waals surface area (Å²) in [5, 5.41) is 3.37. The molecular formula is C7H8N2O3. The van der Waals surface area contributed by atoms with Gasteiger partial charge in [0.05, 0.1) is 6.61 Å². The van der Waals surface area contributed by atoms with Crippen LogP contribution >= 0.6 is 0 Å². The van der Waals surface area contributed by atoms with Gasteiger partial charge in [-0.15, -0.1) is 0 Å². The van der Waals surface area contributed by atoms with Gasteiger partial charge >= 0.3 is 5.97 Å². The van der Waals surface area contributed by atoms with Crippen molar-refractivity contribution >= 4 is 12.0 Å². The average Bonchev–Trinajstić information content (AvgIpc) is 2.52. The molecule has 0 aromatic carbocycles. The van der Waals surface area contributed by atoms with E-state index in [-0.39, 0.29) is 18.3 Å². The molecule has 64 valence electrons. The van der Waals surface area contributed by atoms with Crippen molar-refractivity contribution in [2.75, 3.05) is 6.61 Å². The summed E-state index contributed by atoms with van der Waals surface area (Å²) in [6, 6.07) is 0. The first kappa shape index (κ1) is 8.45. The number of carbonyl (C=O) groups excluding carboxylic acids is 1. The van der Waals surface area contributed by atoms with E-state index in [0.717, 1.165) is 0 Å². The van der Waals surface area contributed by atoms with Gasteiger partial charge in [0.1, 0.15) is 0 Å². The van der Waals surface area contributed by atoms with Gasteiger partial charge in [-0.05, 0) is 18.2 Å². The molecule has 0 spiro atoms. The molecule has 12 heavy (non-hydrogen) atoms. The van der Waals surface area contributed by atoms with Gasteiger partial charge in [0.2, 0.25) is 0 Å². The van der Waals surface area contributed by atoms with Crippen LogP contribution in [0.3, 0.4) is 0 Å². The highest BCUT2D eigenvalue weighted by atomic mass is 16.5. The summed E-state index contributed by atoms with van der Waals surface area (Å²) in [7, 11) is 0. The maximum atomic E-state index is 10.9. The number of nitrogens with zero attached hydrogens (tertiary/aromatic N) is 2. The van der Waals surface area contributed by atoms with Gasteiger partial charge in [0.15, 0.2) is 0 Å². The molecule has 1 aromatic heterocycles. The summed E-state index contributed by atoms with van der Waals surface area (Å²) in [4.78, 5) is 14.6. The van der Waals surface area contributed by atoms with E-state index in [1.807, 2.05) is 0 Å². The van der Waals surface area contributed by atoms with E-state index in [1.165, 1.54) is 6.08 Å². The van der Waals surface area contributed by atoms with Crippen LogP contribution in [0.2, 0.25) is 0 Å². The lowest BCUT2D eigenvalue weighted by Crippen LogP contribution is -2.06. The molecule has 5 nitrogen and oxygen atoms in total. The summed E-state index contributed by atoms with van der Waals surface area (Å²) in [5.41, 5.74) is 0. The highest BCUT2D eigenvalue weighted by molar-refractivity contribution is 5.84. The van der Waals surface area contributed by atoms with Crippen LogP contribution in [0.15, 0.2) is 11.1 Å². The molecule has 0 saturated carbocycles. The molecule has 0 fully saturated rings. The molecule has 0 unspecified atom stereocenters. The van der Waals surface area contributed by atoms with E-state index in [4.69, 9.17) is 0 Å². The maximum absolute atomic E-state index is 10.9. The fourth-order valence-electron chi connectivity index (χ4n) is 0.597. The van der Waals surface area contributed by atoms with Gasteiger partial charge in [-0.25, -0.2) is 4.79 Å². The number of ether oxygens (including phenoxy) is 1. The zero-order chi connectivity index (χ0) is 8.97. The van der Waals surface area contributed by atoms with Crippen molar-refractivity contribution in [2.45, 2.75) is 6.92 Å². The smallest absolute Gasteiger partial charge is 0.379 e. The average molecular weight is 168 g/mol. The zero-order valence-corrected chi connectivity index (χ0v) is 6.61. The van der Waals surface area contributed by atoms with Crippen LogP contribution in [-0.2, 0) is 4.74 Å². The van der Waals surface area contributed by atoms with Gasteiger partial charge in [-0.1, -0.05) is 6.58 Å². The Labute approximate surface area is 69.0 Å². The largest absolute Gasteiger partial charge is 0.460 e. The minimum absolute atomic E-state index is 0.0771. The second-order valence-electron chi connectivity index (χ2n) is 1.88. The van der Waals surface area contributed by atoms with Crippen molar-refractivity contribution in [3.63, 3.8) is 0 Å². The molecule has 0 aliphatic carbocycles. The first-order valence-electron chi connectivity index (χ1n) is 3.41. The zero-order valence-electron chi connectivity index (χ0n) is 6.61. The molecular weight excluding hydrogens is 160 g/mol. The van der Waals surface area contributed by atoms with E-state index >= 15 is 0 Å². The molecule has 1 heterocycles. The van der Waals surface area contributed by atoms with Gasteiger partial charge in [-0.3, -0.25) is 0 Å². The summed E-state index contributed by atoms with van der Waals surface area (Å²) in [6.45, 7) is 5.39. The lowest BCUT2D eigenvalue weighted by Gasteiger charge is -1.93. The third-order valence-corrected chi connectivity index (χ3v) is 1.07. The molecule has 1 rings (SSSR count). The number of aromatic nitrogens is 2. The van der Waals surface area contributed by atoms with Gasteiger partial charge in [0, 0.05) is 0 Å². The SMILES string of the molecule is C=Cc1nc(C(=O)OCC)no1. The van der Waals surface area contributed by atoms with E-state index in [2.05, 4.69) is 26.0 Å². The molecule has 0 atom stereocenters. The van der Waals surface area contributed by atoms with Gasteiger partial charge in [0.25, 0.3) is 11.7 Å². The summed E-state index contributed by atoms with van der Waals surface area (Å²) in [5.74, 6) is -0.459.